The molecule has 0 saturated carbocycles. The average molecular weight is 200 g/mol. The predicted molar refractivity (Wildman–Crippen MR) is 46.5 cm³/mol. The lowest BCUT2D eigenvalue weighted by molar-refractivity contribution is -0.137. The molecule has 5 heteroatoms. The fourth-order valence-electron chi connectivity index (χ4n) is 1.31. The summed E-state index contributed by atoms with van der Waals surface area (Å²) in [6, 6.07) is 0. The summed E-state index contributed by atoms with van der Waals surface area (Å²) in [4.78, 5) is 21.7. The molecule has 0 radical (unpaired) electrons. The molecule has 0 atom stereocenters. The van der Waals surface area contributed by atoms with Gasteiger partial charge >= 0.3 is 11.9 Å². The van der Waals surface area contributed by atoms with Crippen LogP contribution in [0.15, 0.2) is 11.3 Å². The minimum atomic E-state index is -1.01. The maximum absolute atomic E-state index is 11.2. The van der Waals surface area contributed by atoms with Crippen molar-refractivity contribution in [1.29, 1.82) is 0 Å². The Hall–Kier alpha value is -1.52. The van der Waals surface area contributed by atoms with Gasteiger partial charge < -0.3 is 14.6 Å². The van der Waals surface area contributed by atoms with E-state index in [0.29, 0.717) is 25.0 Å². The van der Waals surface area contributed by atoms with Crippen LogP contribution < -0.4 is 0 Å². The molecule has 0 fully saturated rings. The summed E-state index contributed by atoms with van der Waals surface area (Å²) in [7, 11) is 1.27. The van der Waals surface area contributed by atoms with Crippen molar-refractivity contribution in [1.82, 2.24) is 0 Å². The molecule has 0 bridgehead atoms. The van der Waals surface area contributed by atoms with Crippen molar-refractivity contribution in [2.45, 2.75) is 19.3 Å². The molecular weight excluding hydrogens is 188 g/mol. The van der Waals surface area contributed by atoms with Gasteiger partial charge in [0.25, 0.3) is 0 Å². The normalized spacial score (nSPS) is 16.1. The molecule has 0 unspecified atom stereocenters. The zero-order valence-corrected chi connectivity index (χ0v) is 7.91. The molecule has 1 N–H and O–H groups in total. The van der Waals surface area contributed by atoms with E-state index in [1.54, 1.807) is 0 Å². The van der Waals surface area contributed by atoms with Crippen molar-refractivity contribution in [2.24, 2.45) is 0 Å². The Bertz CT molecular complexity index is 279. The molecule has 0 amide bonds. The van der Waals surface area contributed by atoms with Crippen molar-refractivity contribution >= 4 is 11.9 Å². The maximum Gasteiger partial charge on any atom is 0.337 e. The molecule has 0 aromatic carbocycles. The highest BCUT2D eigenvalue weighted by molar-refractivity contribution is 5.90. The van der Waals surface area contributed by atoms with Gasteiger partial charge in [0.15, 0.2) is 0 Å². The first-order valence-electron chi connectivity index (χ1n) is 4.30. The van der Waals surface area contributed by atoms with Crippen LogP contribution in [0, 0.1) is 0 Å². The highest BCUT2D eigenvalue weighted by Crippen LogP contribution is 2.22. The summed E-state index contributed by atoms with van der Waals surface area (Å²) in [6.45, 7) is 0.461. The largest absolute Gasteiger partial charge is 0.497 e. The van der Waals surface area contributed by atoms with Crippen LogP contribution in [0.5, 0.6) is 0 Å². The summed E-state index contributed by atoms with van der Waals surface area (Å²) >= 11 is 0. The average Bonchev–Trinajstić information content (AvgIpc) is 2.16. The predicted octanol–water partition coefficient (Wildman–Crippen LogP) is 0.699. The van der Waals surface area contributed by atoms with Gasteiger partial charge in [0.2, 0.25) is 0 Å². The monoisotopic (exact) mass is 200 g/mol. The van der Waals surface area contributed by atoms with Gasteiger partial charge in [-0.15, -0.1) is 0 Å². The fourth-order valence-corrected chi connectivity index (χ4v) is 1.31. The first-order valence-corrected chi connectivity index (χ1v) is 4.30. The number of esters is 1. The Morgan fingerprint density at radius 2 is 2.29 bits per heavy atom. The van der Waals surface area contributed by atoms with Crippen LogP contribution in [-0.2, 0) is 19.1 Å². The molecule has 14 heavy (non-hydrogen) atoms. The number of carbonyl (C=O) groups is 2. The second-order valence-electron chi connectivity index (χ2n) is 2.92. The lowest BCUT2D eigenvalue weighted by Gasteiger charge is -2.18. The van der Waals surface area contributed by atoms with Crippen molar-refractivity contribution in [3.63, 3.8) is 0 Å². The zero-order chi connectivity index (χ0) is 10.6. The number of carboxylic acids is 1. The third-order valence-corrected chi connectivity index (χ3v) is 1.93. The zero-order valence-electron chi connectivity index (χ0n) is 7.91. The number of carboxylic acid groups (broad SMARTS) is 1. The van der Waals surface area contributed by atoms with E-state index in [0.717, 1.165) is 0 Å². The first kappa shape index (κ1) is 10.6. The van der Waals surface area contributed by atoms with Crippen LogP contribution in [0.4, 0.5) is 0 Å². The SMILES string of the molecule is COC(=O)C1=C(CC(=O)O)OCCC1. The molecule has 0 aromatic rings. The van der Waals surface area contributed by atoms with E-state index in [-0.39, 0.29) is 12.2 Å². The summed E-state index contributed by atoms with van der Waals surface area (Å²) in [6.07, 6.45) is 0.979. The van der Waals surface area contributed by atoms with Crippen molar-refractivity contribution < 1.29 is 24.2 Å². The number of methoxy groups -OCH3 is 1. The highest BCUT2D eigenvalue weighted by Gasteiger charge is 2.22. The van der Waals surface area contributed by atoms with Crippen LogP contribution in [0.3, 0.4) is 0 Å². The Balaban J connectivity index is 2.84. The van der Waals surface area contributed by atoms with E-state index in [2.05, 4.69) is 4.74 Å². The summed E-state index contributed by atoms with van der Waals surface area (Å²) in [5.41, 5.74) is 0.348. The van der Waals surface area contributed by atoms with Crippen LogP contribution >= 0.6 is 0 Å². The van der Waals surface area contributed by atoms with Gasteiger partial charge in [0.05, 0.1) is 19.3 Å². The van der Waals surface area contributed by atoms with E-state index >= 15 is 0 Å². The quantitative estimate of drug-likeness (QED) is 0.679. The van der Waals surface area contributed by atoms with Crippen molar-refractivity contribution in [2.75, 3.05) is 13.7 Å². The summed E-state index contributed by atoms with van der Waals surface area (Å²) in [5, 5.41) is 8.57. The van der Waals surface area contributed by atoms with E-state index in [1.807, 2.05) is 0 Å². The third kappa shape index (κ3) is 2.48. The van der Waals surface area contributed by atoms with Gasteiger partial charge in [0.1, 0.15) is 12.2 Å². The molecule has 1 heterocycles. The van der Waals surface area contributed by atoms with E-state index in [4.69, 9.17) is 9.84 Å². The molecule has 1 rings (SSSR count). The van der Waals surface area contributed by atoms with E-state index in [1.165, 1.54) is 7.11 Å². The number of rotatable bonds is 3. The number of carbonyl (C=O) groups excluding carboxylic acids is 1. The molecule has 0 aliphatic carbocycles. The van der Waals surface area contributed by atoms with Gasteiger partial charge in [-0.3, -0.25) is 4.79 Å². The first-order chi connectivity index (χ1) is 6.65. The van der Waals surface area contributed by atoms with Gasteiger partial charge in [-0.05, 0) is 12.8 Å². The Labute approximate surface area is 81.3 Å². The van der Waals surface area contributed by atoms with Crippen LogP contribution in [-0.4, -0.2) is 30.8 Å². The molecule has 1 aliphatic heterocycles. The standard InChI is InChI=1S/C9H12O5/c1-13-9(12)6-3-2-4-14-7(6)5-8(10)11/h2-5H2,1H3,(H,10,11). The molecule has 0 spiro atoms. The summed E-state index contributed by atoms with van der Waals surface area (Å²) < 4.78 is 9.65. The lowest BCUT2D eigenvalue weighted by atomic mass is 10.1. The highest BCUT2D eigenvalue weighted by atomic mass is 16.5. The molecule has 78 valence electrons. The number of ether oxygens (including phenoxy) is 2. The van der Waals surface area contributed by atoms with Gasteiger partial charge in [-0.2, -0.15) is 0 Å². The molecule has 1 aliphatic rings. The van der Waals surface area contributed by atoms with E-state index in [9.17, 15) is 9.59 Å². The smallest absolute Gasteiger partial charge is 0.337 e. The molecule has 5 nitrogen and oxygen atoms in total. The van der Waals surface area contributed by atoms with Crippen molar-refractivity contribution in [3.05, 3.63) is 11.3 Å². The van der Waals surface area contributed by atoms with E-state index < -0.39 is 11.9 Å². The fraction of sp³-hybridized carbons (Fsp3) is 0.556. The van der Waals surface area contributed by atoms with Gasteiger partial charge in [0, 0.05) is 0 Å². The van der Waals surface area contributed by atoms with Crippen LogP contribution in [0.25, 0.3) is 0 Å². The number of hydrogen-bond donors (Lipinski definition) is 1. The Kier molecular flexibility index (Phi) is 3.50. The Morgan fingerprint density at radius 1 is 1.57 bits per heavy atom. The molecule has 0 aromatic heterocycles. The van der Waals surface area contributed by atoms with Crippen molar-refractivity contribution in [3.8, 4) is 0 Å². The Morgan fingerprint density at radius 3 is 2.86 bits per heavy atom. The second kappa shape index (κ2) is 4.64. The topological polar surface area (TPSA) is 72.8 Å². The minimum Gasteiger partial charge on any atom is -0.497 e. The van der Waals surface area contributed by atoms with Crippen LogP contribution in [0.2, 0.25) is 0 Å². The molecule has 0 saturated heterocycles. The minimum absolute atomic E-state index is 0.232. The third-order valence-electron chi connectivity index (χ3n) is 1.93. The maximum atomic E-state index is 11.2. The van der Waals surface area contributed by atoms with Crippen LogP contribution in [0.1, 0.15) is 19.3 Å². The lowest BCUT2D eigenvalue weighted by Crippen LogP contribution is -2.17. The number of hydrogen-bond acceptors (Lipinski definition) is 4. The van der Waals surface area contributed by atoms with Gasteiger partial charge in [-0.1, -0.05) is 0 Å². The second-order valence-corrected chi connectivity index (χ2v) is 2.92. The number of aliphatic carboxylic acids is 1. The molecular formula is C9H12O5. The van der Waals surface area contributed by atoms with Gasteiger partial charge in [-0.25, -0.2) is 4.79 Å². The summed E-state index contributed by atoms with van der Waals surface area (Å²) in [5.74, 6) is -1.28.